The number of aromatic nitrogens is 2. The molecule has 0 aliphatic carbocycles. The van der Waals surface area contributed by atoms with Gasteiger partial charge in [-0.2, -0.15) is 5.10 Å². The van der Waals surface area contributed by atoms with Crippen LogP contribution in [0.15, 0.2) is 36.5 Å². The van der Waals surface area contributed by atoms with Crippen molar-refractivity contribution in [3.63, 3.8) is 0 Å². The number of likely N-dealkylation sites (N-methyl/N-ethyl adjacent to an activating group) is 1. The van der Waals surface area contributed by atoms with Gasteiger partial charge in [0.05, 0.1) is 13.2 Å². The van der Waals surface area contributed by atoms with Gasteiger partial charge in [-0.05, 0) is 26.1 Å². The molecule has 0 N–H and O–H groups in total. The quantitative estimate of drug-likeness (QED) is 0.835. The van der Waals surface area contributed by atoms with Crippen molar-refractivity contribution < 1.29 is 9.53 Å². The molecule has 0 saturated carbocycles. The summed E-state index contributed by atoms with van der Waals surface area (Å²) < 4.78 is 7.39. The lowest BCUT2D eigenvalue weighted by molar-refractivity contribution is -0.134. The summed E-state index contributed by atoms with van der Waals surface area (Å²) in [4.78, 5) is 16.9. The molecule has 0 spiro atoms. The average Bonchev–Trinajstić information content (AvgIpc) is 3.05. The molecule has 1 saturated heterocycles. The summed E-state index contributed by atoms with van der Waals surface area (Å²) in [6.45, 7) is 4.94. The average molecular weight is 342 g/mol. The van der Waals surface area contributed by atoms with Crippen molar-refractivity contribution in [2.24, 2.45) is 0 Å². The van der Waals surface area contributed by atoms with E-state index in [2.05, 4.69) is 23.1 Å². The van der Waals surface area contributed by atoms with Crippen LogP contribution in [-0.2, 0) is 11.3 Å². The van der Waals surface area contributed by atoms with E-state index in [-0.39, 0.29) is 11.9 Å². The Hall–Kier alpha value is -2.34. The smallest absolute Gasteiger partial charge is 0.224 e. The van der Waals surface area contributed by atoms with Crippen LogP contribution >= 0.6 is 0 Å². The van der Waals surface area contributed by atoms with Gasteiger partial charge in [-0.3, -0.25) is 14.4 Å². The van der Waals surface area contributed by atoms with E-state index in [1.54, 1.807) is 13.3 Å². The summed E-state index contributed by atoms with van der Waals surface area (Å²) in [6.07, 6.45) is 2.25. The minimum absolute atomic E-state index is 0.153. The molecule has 25 heavy (non-hydrogen) atoms. The first-order valence-electron chi connectivity index (χ1n) is 8.69. The highest BCUT2D eigenvalue weighted by Crippen LogP contribution is 2.31. The Labute approximate surface area is 149 Å². The normalized spacial score (nSPS) is 18.4. The van der Waals surface area contributed by atoms with Crippen molar-refractivity contribution in [3.05, 3.63) is 47.8 Å². The number of para-hydroxylation sites is 1. The Morgan fingerprint density at radius 2 is 2.08 bits per heavy atom. The minimum Gasteiger partial charge on any atom is -0.496 e. The van der Waals surface area contributed by atoms with E-state index in [0.29, 0.717) is 19.5 Å². The molecule has 1 aromatic heterocycles. The summed E-state index contributed by atoms with van der Waals surface area (Å²) in [5, 5.41) is 4.25. The Bertz CT molecular complexity index is 728. The van der Waals surface area contributed by atoms with Crippen LogP contribution in [0.25, 0.3) is 0 Å². The first-order chi connectivity index (χ1) is 12.1. The second-order valence-electron chi connectivity index (χ2n) is 6.52. The molecule has 1 aromatic carbocycles. The Balaban J connectivity index is 1.67. The minimum atomic E-state index is 0.153. The molecule has 1 atom stereocenters. The maximum absolute atomic E-state index is 12.7. The van der Waals surface area contributed by atoms with Crippen molar-refractivity contribution in [2.45, 2.75) is 25.9 Å². The molecule has 1 aliphatic rings. The van der Waals surface area contributed by atoms with Gasteiger partial charge >= 0.3 is 0 Å². The highest BCUT2D eigenvalue weighted by atomic mass is 16.5. The summed E-state index contributed by atoms with van der Waals surface area (Å²) in [7, 11) is 3.79. The highest BCUT2D eigenvalue weighted by molar-refractivity contribution is 5.76. The van der Waals surface area contributed by atoms with E-state index in [1.165, 1.54) is 0 Å². The third-order valence-electron chi connectivity index (χ3n) is 4.97. The first-order valence-corrected chi connectivity index (χ1v) is 8.69. The topological polar surface area (TPSA) is 50.6 Å². The summed E-state index contributed by atoms with van der Waals surface area (Å²) in [5.41, 5.74) is 2.21. The van der Waals surface area contributed by atoms with Crippen LogP contribution in [0.5, 0.6) is 5.75 Å². The number of rotatable bonds is 5. The molecular formula is C19H26N4O2. The maximum Gasteiger partial charge on any atom is 0.224 e. The molecule has 1 amide bonds. The van der Waals surface area contributed by atoms with Crippen molar-refractivity contribution in [3.8, 4) is 5.75 Å². The number of carbonyl (C=O) groups excluding carboxylic acids is 1. The second kappa shape index (κ2) is 7.70. The zero-order valence-electron chi connectivity index (χ0n) is 15.2. The number of aryl methyl sites for hydroxylation is 2. The van der Waals surface area contributed by atoms with Gasteiger partial charge in [-0.1, -0.05) is 18.2 Å². The van der Waals surface area contributed by atoms with Crippen molar-refractivity contribution in [1.29, 1.82) is 0 Å². The Morgan fingerprint density at radius 3 is 2.80 bits per heavy atom. The monoisotopic (exact) mass is 342 g/mol. The lowest BCUT2D eigenvalue weighted by Crippen LogP contribution is -2.49. The lowest BCUT2D eigenvalue weighted by Gasteiger charge is -2.40. The maximum atomic E-state index is 12.7. The van der Waals surface area contributed by atoms with E-state index >= 15 is 0 Å². The van der Waals surface area contributed by atoms with Gasteiger partial charge in [0.2, 0.25) is 5.91 Å². The number of nitrogens with zero attached hydrogens (tertiary/aromatic N) is 4. The SMILES string of the molecule is COc1ccccc1C1CN(C(=O)CCn2nccc2C)CCN1C. The molecular weight excluding hydrogens is 316 g/mol. The molecule has 2 aromatic rings. The van der Waals surface area contributed by atoms with E-state index < -0.39 is 0 Å². The number of ether oxygens (including phenoxy) is 1. The van der Waals surface area contributed by atoms with Crippen LogP contribution in [0.1, 0.15) is 23.7 Å². The number of methoxy groups -OCH3 is 1. The van der Waals surface area contributed by atoms with Gasteiger partial charge in [0.1, 0.15) is 5.75 Å². The third-order valence-corrected chi connectivity index (χ3v) is 4.97. The van der Waals surface area contributed by atoms with E-state index in [1.807, 2.05) is 40.8 Å². The third kappa shape index (κ3) is 3.85. The molecule has 2 heterocycles. The van der Waals surface area contributed by atoms with Crippen LogP contribution in [0, 0.1) is 6.92 Å². The number of piperazine rings is 1. The number of amides is 1. The number of hydrogen-bond donors (Lipinski definition) is 0. The van der Waals surface area contributed by atoms with Gasteiger partial charge in [-0.15, -0.1) is 0 Å². The fraction of sp³-hybridized carbons (Fsp3) is 0.474. The second-order valence-corrected chi connectivity index (χ2v) is 6.52. The summed E-state index contributed by atoms with van der Waals surface area (Å²) in [6, 6.07) is 10.2. The molecule has 1 aliphatic heterocycles. The molecule has 134 valence electrons. The predicted molar refractivity (Wildman–Crippen MR) is 96.5 cm³/mol. The number of carbonyl (C=O) groups is 1. The Morgan fingerprint density at radius 1 is 1.28 bits per heavy atom. The van der Waals surface area contributed by atoms with Crippen molar-refractivity contribution in [1.82, 2.24) is 19.6 Å². The molecule has 6 heteroatoms. The van der Waals surface area contributed by atoms with E-state index in [4.69, 9.17) is 4.74 Å². The van der Waals surface area contributed by atoms with Gasteiger partial charge in [0, 0.05) is 50.1 Å². The Kier molecular flexibility index (Phi) is 5.38. The molecule has 1 unspecified atom stereocenters. The zero-order chi connectivity index (χ0) is 17.8. The summed E-state index contributed by atoms with van der Waals surface area (Å²) in [5.74, 6) is 1.06. The predicted octanol–water partition coefficient (Wildman–Crippen LogP) is 2.11. The zero-order valence-corrected chi connectivity index (χ0v) is 15.2. The number of benzene rings is 1. The first kappa shape index (κ1) is 17.5. The van der Waals surface area contributed by atoms with Crippen LogP contribution in [0.4, 0.5) is 0 Å². The largest absolute Gasteiger partial charge is 0.496 e. The molecule has 6 nitrogen and oxygen atoms in total. The van der Waals surface area contributed by atoms with Crippen LogP contribution in [-0.4, -0.2) is 59.3 Å². The lowest BCUT2D eigenvalue weighted by atomic mass is 10.0. The molecule has 3 rings (SSSR count). The van der Waals surface area contributed by atoms with Crippen LogP contribution < -0.4 is 4.74 Å². The van der Waals surface area contributed by atoms with Crippen LogP contribution in [0.2, 0.25) is 0 Å². The van der Waals surface area contributed by atoms with E-state index in [0.717, 1.165) is 30.1 Å². The van der Waals surface area contributed by atoms with Gasteiger partial charge in [0.25, 0.3) is 0 Å². The standard InChI is InChI=1S/C19H26N4O2/c1-15-8-10-20-23(15)11-9-19(24)22-13-12-21(2)17(14-22)16-6-4-5-7-18(16)25-3/h4-8,10,17H,9,11-14H2,1-3H3. The van der Waals surface area contributed by atoms with Crippen LogP contribution in [0.3, 0.4) is 0 Å². The van der Waals surface area contributed by atoms with Gasteiger partial charge in [-0.25, -0.2) is 0 Å². The number of hydrogen-bond acceptors (Lipinski definition) is 4. The summed E-state index contributed by atoms with van der Waals surface area (Å²) >= 11 is 0. The van der Waals surface area contributed by atoms with Gasteiger partial charge < -0.3 is 9.64 Å². The molecule has 0 radical (unpaired) electrons. The fourth-order valence-corrected chi connectivity index (χ4v) is 3.37. The highest BCUT2D eigenvalue weighted by Gasteiger charge is 2.29. The van der Waals surface area contributed by atoms with Gasteiger partial charge in [0.15, 0.2) is 0 Å². The molecule has 0 bridgehead atoms. The van der Waals surface area contributed by atoms with Crippen molar-refractivity contribution in [2.75, 3.05) is 33.8 Å². The van der Waals surface area contributed by atoms with E-state index in [9.17, 15) is 4.79 Å². The molecule has 1 fully saturated rings. The van der Waals surface area contributed by atoms with Crippen molar-refractivity contribution >= 4 is 5.91 Å². The fourth-order valence-electron chi connectivity index (χ4n) is 3.37.